The van der Waals surface area contributed by atoms with Crippen LogP contribution in [0, 0.1) is 5.92 Å². The second-order valence-electron chi connectivity index (χ2n) is 4.59. The van der Waals surface area contributed by atoms with Crippen LogP contribution >= 0.6 is 11.6 Å². The maximum atomic E-state index is 6.01. The zero-order valence-corrected chi connectivity index (χ0v) is 10.5. The zero-order chi connectivity index (χ0) is 11.5. The van der Waals surface area contributed by atoms with Gasteiger partial charge in [0.15, 0.2) is 0 Å². The van der Waals surface area contributed by atoms with E-state index in [1.165, 1.54) is 19.3 Å². The van der Waals surface area contributed by atoms with E-state index >= 15 is 0 Å². The van der Waals surface area contributed by atoms with Crippen LogP contribution in [0.4, 0.5) is 11.4 Å². The highest BCUT2D eigenvalue weighted by Crippen LogP contribution is 2.32. The van der Waals surface area contributed by atoms with Crippen LogP contribution in [0.3, 0.4) is 0 Å². The molecule has 2 rings (SSSR count). The highest BCUT2D eigenvalue weighted by Gasteiger charge is 2.23. The molecule has 1 saturated heterocycles. The molecule has 0 aliphatic carbocycles. The Labute approximate surface area is 102 Å². The lowest BCUT2D eigenvalue weighted by molar-refractivity contribution is 0.530. The van der Waals surface area contributed by atoms with Gasteiger partial charge in [-0.05, 0) is 37.0 Å². The second kappa shape index (κ2) is 4.96. The van der Waals surface area contributed by atoms with Crippen LogP contribution in [-0.2, 0) is 0 Å². The van der Waals surface area contributed by atoms with Crippen molar-refractivity contribution < 1.29 is 0 Å². The molecule has 3 heteroatoms. The SMILES string of the molecule is CCCC1CCN(c2cc(Cl)ccc2N)C1. The van der Waals surface area contributed by atoms with Gasteiger partial charge in [0.1, 0.15) is 0 Å². The van der Waals surface area contributed by atoms with E-state index in [1.54, 1.807) is 0 Å². The minimum Gasteiger partial charge on any atom is -0.397 e. The van der Waals surface area contributed by atoms with Crippen LogP contribution in [0.25, 0.3) is 0 Å². The maximum Gasteiger partial charge on any atom is 0.0614 e. The van der Waals surface area contributed by atoms with Crippen molar-refractivity contribution in [2.45, 2.75) is 26.2 Å². The molecule has 0 radical (unpaired) electrons. The van der Waals surface area contributed by atoms with Crippen LogP contribution in [0.2, 0.25) is 5.02 Å². The molecule has 88 valence electrons. The van der Waals surface area contributed by atoms with Crippen molar-refractivity contribution in [1.29, 1.82) is 0 Å². The summed E-state index contributed by atoms with van der Waals surface area (Å²) < 4.78 is 0. The Morgan fingerprint density at radius 3 is 3.06 bits per heavy atom. The first-order valence-corrected chi connectivity index (χ1v) is 6.38. The summed E-state index contributed by atoms with van der Waals surface area (Å²) in [7, 11) is 0. The number of anilines is 2. The Balaban J connectivity index is 2.11. The fraction of sp³-hybridized carbons (Fsp3) is 0.538. The Kier molecular flexibility index (Phi) is 3.59. The predicted molar refractivity (Wildman–Crippen MR) is 71.1 cm³/mol. The molecule has 0 bridgehead atoms. The molecule has 1 heterocycles. The van der Waals surface area contributed by atoms with E-state index < -0.39 is 0 Å². The van der Waals surface area contributed by atoms with Gasteiger partial charge in [-0.2, -0.15) is 0 Å². The summed E-state index contributed by atoms with van der Waals surface area (Å²) in [5.74, 6) is 0.823. The molecule has 1 unspecified atom stereocenters. The molecule has 0 saturated carbocycles. The van der Waals surface area contributed by atoms with E-state index in [-0.39, 0.29) is 0 Å². The fourth-order valence-electron chi connectivity index (χ4n) is 2.49. The smallest absolute Gasteiger partial charge is 0.0614 e. The van der Waals surface area contributed by atoms with Crippen molar-refractivity contribution in [3.05, 3.63) is 23.2 Å². The predicted octanol–water partition coefficient (Wildman–Crippen LogP) is 3.55. The van der Waals surface area contributed by atoms with Crippen molar-refractivity contribution in [3.63, 3.8) is 0 Å². The van der Waals surface area contributed by atoms with Crippen LogP contribution in [0.1, 0.15) is 26.2 Å². The first-order valence-electron chi connectivity index (χ1n) is 6.00. The molecule has 1 aromatic carbocycles. The summed E-state index contributed by atoms with van der Waals surface area (Å²) in [5.41, 5.74) is 7.93. The fourth-order valence-corrected chi connectivity index (χ4v) is 2.65. The highest BCUT2D eigenvalue weighted by atomic mass is 35.5. The molecule has 16 heavy (non-hydrogen) atoms. The highest BCUT2D eigenvalue weighted by molar-refractivity contribution is 6.31. The number of hydrogen-bond donors (Lipinski definition) is 1. The Morgan fingerprint density at radius 1 is 1.50 bits per heavy atom. The third kappa shape index (κ3) is 2.43. The second-order valence-corrected chi connectivity index (χ2v) is 5.03. The van der Waals surface area contributed by atoms with Crippen LogP contribution in [-0.4, -0.2) is 13.1 Å². The normalized spacial score (nSPS) is 20.4. The Morgan fingerprint density at radius 2 is 2.31 bits per heavy atom. The van der Waals surface area contributed by atoms with Gasteiger partial charge < -0.3 is 10.6 Å². The first kappa shape index (κ1) is 11.6. The van der Waals surface area contributed by atoms with E-state index in [0.717, 1.165) is 35.4 Å². The van der Waals surface area contributed by atoms with E-state index in [0.29, 0.717) is 0 Å². The summed E-state index contributed by atoms with van der Waals surface area (Å²) in [6.45, 7) is 4.48. The van der Waals surface area contributed by atoms with Crippen LogP contribution in [0.5, 0.6) is 0 Å². The van der Waals surface area contributed by atoms with Crippen LogP contribution in [0.15, 0.2) is 18.2 Å². The third-order valence-corrected chi connectivity index (χ3v) is 3.55. The topological polar surface area (TPSA) is 29.3 Å². The number of rotatable bonds is 3. The summed E-state index contributed by atoms with van der Waals surface area (Å²) in [4.78, 5) is 2.36. The van der Waals surface area contributed by atoms with Crippen molar-refractivity contribution in [1.82, 2.24) is 0 Å². The van der Waals surface area contributed by atoms with Gasteiger partial charge >= 0.3 is 0 Å². The number of nitrogens with zero attached hydrogens (tertiary/aromatic N) is 1. The molecular formula is C13H19ClN2. The van der Waals surface area contributed by atoms with Gasteiger partial charge in [0.25, 0.3) is 0 Å². The molecule has 2 nitrogen and oxygen atoms in total. The van der Waals surface area contributed by atoms with Crippen molar-refractivity contribution in [3.8, 4) is 0 Å². The van der Waals surface area contributed by atoms with E-state index in [4.69, 9.17) is 17.3 Å². The molecule has 2 N–H and O–H groups in total. The molecule has 1 aliphatic rings. The Bertz CT molecular complexity index is 365. The van der Waals surface area contributed by atoms with Crippen molar-refractivity contribution >= 4 is 23.0 Å². The quantitative estimate of drug-likeness (QED) is 0.816. The summed E-state index contributed by atoms with van der Waals surface area (Å²) >= 11 is 6.01. The van der Waals surface area contributed by atoms with Gasteiger partial charge in [-0.3, -0.25) is 0 Å². The number of nitrogen functional groups attached to an aromatic ring is 1. The van der Waals surface area contributed by atoms with Gasteiger partial charge in [-0.15, -0.1) is 0 Å². The van der Waals surface area contributed by atoms with E-state index in [1.807, 2.05) is 18.2 Å². The zero-order valence-electron chi connectivity index (χ0n) is 9.75. The van der Waals surface area contributed by atoms with Crippen molar-refractivity contribution in [2.24, 2.45) is 5.92 Å². The lowest BCUT2D eigenvalue weighted by Crippen LogP contribution is -2.20. The molecule has 0 amide bonds. The van der Waals surface area contributed by atoms with Gasteiger partial charge in [-0.25, -0.2) is 0 Å². The Hall–Kier alpha value is -0.890. The number of hydrogen-bond acceptors (Lipinski definition) is 2. The molecule has 1 fully saturated rings. The van der Waals surface area contributed by atoms with Gasteiger partial charge in [0.2, 0.25) is 0 Å². The molecule has 1 atom stereocenters. The molecule has 1 aromatic rings. The summed E-state index contributed by atoms with van der Waals surface area (Å²) in [6.07, 6.45) is 3.86. The summed E-state index contributed by atoms with van der Waals surface area (Å²) in [6, 6.07) is 5.72. The summed E-state index contributed by atoms with van der Waals surface area (Å²) in [5, 5.41) is 0.767. The number of benzene rings is 1. The third-order valence-electron chi connectivity index (χ3n) is 3.32. The largest absolute Gasteiger partial charge is 0.397 e. The number of halogens is 1. The molecule has 0 spiro atoms. The standard InChI is InChI=1S/C13H19ClN2/c1-2-3-10-6-7-16(9-10)13-8-11(14)4-5-12(13)15/h4-5,8,10H,2-3,6-7,9,15H2,1H3. The minimum absolute atomic E-state index is 0.767. The molecular weight excluding hydrogens is 220 g/mol. The molecule has 1 aliphatic heterocycles. The van der Waals surface area contributed by atoms with Gasteiger partial charge in [0, 0.05) is 18.1 Å². The molecule has 0 aromatic heterocycles. The van der Waals surface area contributed by atoms with Gasteiger partial charge in [-0.1, -0.05) is 24.9 Å². The van der Waals surface area contributed by atoms with E-state index in [9.17, 15) is 0 Å². The average molecular weight is 239 g/mol. The van der Waals surface area contributed by atoms with Crippen LogP contribution < -0.4 is 10.6 Å². The minimum atomic E-state index is 0.767. The first-order chi connectivity index (χ1) is 7.70. The lowest BCUT2D eigenvalue weighted by Gasteiger charge is -2.20. The van der Waals surface area contributed by atoms with Gasteiger partial charge in [0.05, 0.1) is 11.4 Å². The van der Waals surface area contributed by atoms with Crippen molar-refractivity contribution in [2.75, 3.05) is 23.7 Å². The maximum absolute atomic E-state index is 6.01. The van der Waals surface area contributed by atoms with E-state index in [2.05, 4.69) is 11.8 Å². The number of nitrogens with two attached hydrogens (primary N) is 1. The average Bonchev–Trinajstić information content (AvgIpc) is 2.71. The monoisotopic (exact) mass is 238 g/mol. The lowest BCUT2D eigenvalue weighted by atomic mass is 10.0.